The highest BCUT2D eigenvalue weighted by Crippen LogP contribution is 2.45. The third-order valence-corrected chi connectivity index (χ3v) is 9.73. The lowest BCUT2D eigenvalue weighted by molar-refractivity contribution is -0.136. The number of pyridine rings is 1. The molecule has 7 nitrogen and oxygen atoms in total. The van der Waals surface area contributed by atoms with Crippen LogP contribution in [0, 0.1) is 0 Å². The summed E-state index contributed by atoms with van der Waals surface area (Å²) in [5.41, 5.74) is 1.96. The van der Waals surface area contributed by atoms with Gasteiger partial charge >= 0.3 is 6.18 Å². The van der Waals surface area contributed by atoms with E-state index in [1.807, 2.05) is 24.2 Å². The lowest BCUT2D eigenvalue weighted by Gasteiger charge is -2.26. The number of hydrogen-bond acceptors (Lipinski definition) is 6. The van der Waals surface area contributed by atoms with Crippen LogP contribution in [0.25, 0.3) is 11.0 Å². The number of para-hydroxylation sites is 1. The maximum Gasteiger partial charge on any atom is 0.418 e. The number of nitrogens with one attached hydrogen (secondary N) is 2. The van der Waals surface area contributed by atoms with Crippen LogP contribution in [0.3, 0.4) is 0 Å². The highest BCUT2D eigenvalue weighted by Gasteiger charge is 2.40. The number of nitrogens with zero attached hydrogens (tertiary/aromatic N) is 3. The summed E-state index contributed by atoms with van der Waals surface area (Å²) in [7, 11) is 0. The second kappa shape index (κ2) is 11.1. The molecule has 0 saturated carbocycles. The lowest BCUT2D eigenvalue weighted by Crippen LogP contribution is -2.43. The Balaban J connectivity index is 1.17. The molecule has 4 heterocycles. The van der Waals surface area contributed by atoms with E-state index in [4.69, 9.17) is 4.74 Å². The minimum Gasteiger partial charge on any atom is -0.381 e. The van der Waals surface area contributed by atoms with Crippen LogP contribution in [-0.2, 0) is 28.5 Å². The van der Waals surface area contributed by atoms with Crippen molar-refractivity contribution in [3.8, 4) is 0 Å². The number of likely N-dealkylation sites (tertiary alicyclic amines) is 1. The van der Waals surface area contributed by atoms with Gasteiger partial charge in [0.1, 0.15) is 11.3 Å². The average Bonchev–Trinajstić information content (AvgIpc) is 3.54. The number of carbonyl (C=O) groups is 1. The van der Waals surface area contributed by atoms with Gasteiger partial charge in [-0.05, 0) is 61.4 Å². The number of imidazole rings is 1. The van der Waals surface area contributed by atoms with E-state index in [1.54, 1.807) is 6.07 Å². The monoisotopic (exact) mass is 559 g/mol. The van der Waals surface area contributed by atoms with E-state index >= 15 is 0 Å². The molecule has 2 saturated heterocycles. The number of thioether (sulfide) groups is 1. The number of benzene rings is 1. The minimum absolute atomic E-state index is 0.0671. The molecule has 3 aliphatic rings. The third-order valence-electron chi connectivity index (χ3n) is 8.08. The second-order valence-corrected chi connectivity index (χ2v) is 12.1. The summed E-state index contributed by atoms with van der Waals surface area (Å²) in [5, 5.41) is 3.75. The van der Waals surface area contributed by atoms with Crippen molar-refractivity contribution in [2.45, 2.75) is 67.3 Å². The van der Waals surface area contributed by atoms with Crippen molar-refractivity contribution in [1.82, 2.24) is 25.2 Å². The van der Waals surface area contributed by atoms with E-state index < -0.39 is 11.7 Å². The van der Waals surface area contributed by atoms with E-state index in [2.05, 4.69) is 31.2 Å². The van der Waals surface area contributed by atoms with Crippen molar-refractivity contribution < 1.29 is 22.7 Å². The van der Waals surface area contributed by atoms with Gasteiger partial charge < -0.3 is 15.0 Å². The van der Waals surface area contributed by atoms with E-state index in [0.29, 0.717) is 11.3 Å². The average molecular weight is 560 g/mol. The molecule has 2 aliphatic heterocycles. The molecule has 2 N–H and O–H groups in total. The molecule has 11 heteroatoms. The van der Waals surface area contributed by atoms with E-state index in [9.17, 15) is 18.0 Å². The number of aryl methyl sites for hydroxylation is 1. The fraction of sp³-hybridized carbons (Fsp3) is 0.536. The number of rotatable bonds is 6. The van der Waals surface area contributed by atoms with E-state index in [0.717, 1.165) is 64.5 Å². The molecule has 1 aliphatic carbocycles. The number of amides is 1. The van der Waals surface area contributed by atoms with Crippen LogP contribution in [0.1, 0.15) is 53.4 Å². The molecule has 2 aromatic heterocycles. The van der Waals surface area contributed by atoms with Crippen molar-refractivity contribution in [2.75, 3.05) is 26.3 Å². The molecule has 0 radical (unpaired) electrons. The van der Waals surface area contributed by atoms with Crippen LogP contribution in [0.15, 0.2) is 36.7 Å². The maximum absolute atomic E-state index is 13.4. The number of ether oxygens (including phenoxy) is 1. The standard InChI is InChI=1S/C28H32F3N5O2S/c29-28(30,31)20-4-1-5-21-27(20)35-25(33-21)13-26(37)34-22-15-36(18-3-2-11-38-12-9-18)16-24(22)39-23-7-6-17-8-10-32-14-19(17)23/h1,4-5,8,10,14,18,22-24H,2-3,6-7,9,11-13,15-16H2,(H,33,35)(H,34,37). The number of halogens is 3. The van der Waals surface area contributed by atoms with Crippen LogP contribution in [0.4, 0.5) is 13.2 Å². The zero-order chi connectivity index (χ0) is 27.0. The van der Waals surface area contributed by atoms with Crippen LogP contribution >= 0.6 is 11.8 Å². The predicted octanol–water partition coefficient (Wildman–Crippen LogP) is 4.68. The van der Waals surface area contributed by atoms with Gasteiger partial charge in [-0.2, -0.15) is 13.2 Å². The van der Waals surface area contributed by atoms with Gasteiger partial charge in [0.15, 0.2) is 0 Å². The van der Waals surface area contributed by atoms with Gasteiger partial charge in [-0.3, -0.25) is 14.7 Å². The van der Waals surface area contributed by atoms with Crippen molar-refractivity contribution in [1.29, 1.82) is 0 Å². The zero-order valence-corrected chi connectivity index (χ0v) is 22.4. The molecule has 0 bridgehead atoms. The second-order valence-electron chi connectivity index (χ2n) is 10.7. The van der Waals surface area contributed by atoms with Crippen LogP contribution in [0.2, 0.25) is 0 Å². The van der Waals surface area contributed by atoms with Gasteiger partial charge in [0, 0.05) is 55.2 Å². The predicted molar refractivity (Wildman–Crippen MR) is 143 cm³/mol. The highest BCUT2D eigenvalue weighted by atomic mass is 32.2. The molecule has 3 aromatic rings. The first-order chi connectivity index (χ1) is 18.8. The summed E-state index contributed by atoms with van der Waals surface area (Å²) in [6, 6.07) is 6.35. The van der Waals surface area contributed by atoms with Crippen LogP contribution in [0.5, 0.6) is 0 Å². The maximum atomic E-state index is 13.4. The topological polar surface area (TPSA) is 83.1 Å². The van der Waals surface area contributed by atoms with Gasteiger partial charge in [-0.15, -0.1) is 11.8 Å². The SMILES string of the molecule is O=C(Cc1nc2c(C(F)(F)F)cccc2[nH]1)NC1CN(C2CCCOCC2)CC1SC1CCc2ccncc21. The molecule has 39 heavy (non-hydrogen) atoms. The molecule has 208 valence electrons. The largest absolute Gasteiger partial charge is 0.418 e. The van der Waals surface area contributed by atoms with E-state index in [1.165, 1.54) is 17.2 Å². The third kappa shape index (κ3) is 5.81. The summed E-state index contributed by atoms with van der Waals surface area (Å²) in [4.78, 5) is 27.1. The first-order valence-electron chi connectivity index (χ1n) is 13.6. The normalized spacial score (nSPS) is 26.0. The summed E-state index contributed by atoms with van der Waals surface area (Å²) in [6.45, 7) is 3.18. The van der Waals surface area contributed by atoms with Crippen molar-refractivity contribution >= 4 is 28.7 Å². The minimum atomic E-state index is -4.51. The molecular weight excluding hydrogens is 527 g/mol. The number of aromatic nitrogens is 3. The van der Waals surface area contributed by atoms with Gasteiger partial charge in [-0.25, -0.2) is 4.98 Å². The molecule has 2 fully saturated rings. The Bertz CT molecular complexity index is 1320. The molecule has 4 unspecified atom stereocenters. The summed E-state index contributed by atoms with van der Waals surface area (Å²) >= 11 is 1.92. The fourth-order valence-electron chi connectivity index (χ4n) is 6.18. The molecule has 4 atom stereocenters. The first-order valence-corrected chi connectivity index (χ1v) is 14.5. The molecule has 1 aromatic carbocycles. The zero-order valence-electron chi connectivity index (χ0n) is 21.5. The Morgan fingerprint density at radius 2 is 2.08 bits per heavy atom. The summed E-state index contributed by atoms with van der Waals surface area (Å²) < 4.78 is 46.0. The Kier molecular flexibility index (Phi) is 7.56. The summed E-state index contributed by atoms with van der Waals surface area (Å²) in [5.74, 6) is -0.00674. The van der Waals surface area contributed by atoms with Crippen LogP contribution in [-0.4, -0.2) is 69.4 Å². The Morgan fingerprint density at radius 1 is 1.18 bits per heavy atom. The van der Waals surface area contributed by atoms with Gasteiger partial charge in [0.05, 0.1) is 23.5 Å². The fourth-order valence-corrected chi connectivity index (χ4v) is 7.84. The highest BCUT2D eigenvalue weighted by molar-refractivity contribution is 8.00. The van der Waals surface area contributed by atoms with E-state index in [-0.39, 0.29) is 40.5 Å². The van der Waals surface area contributed by atoms with Gasteiger partial charge in [0.2, 0.25) is 5.91 Å². The Hall–Kier alpha value is -2.63. The van der Waals surface area contributed by atoms with Crippen molar-refractivity contribution in [3.63, 3.8) is 0 Å². The Morgan fingerprint density at radius 3 is 2.95 bits per heavy atom. The van der Waals surface area contributed by atoms with Gasteiger partial charge in [0.25, 0.3) is 0 Å². The molecule has 1 amide bonds. The number of aromatic amines is 1. The quantitative estimate of drug-likeness (QED) is 0.457. The number of carbonyl (C=O) groups excluding carboxylic acids is 1. The smallest absolute Gasteiger partial charge is 0.381 e. The molecular formula is C28H32F3N5O2S. The number of alkyl halides is 3. The van der Waals surface area contributed by atoms with Crippen molar-refractivity contribution in [3.05, 3.63) is 59.2 Å². The number of H-pyrrole nitrogens is 1. The number of fused-ring (bicyclic) bond motifs is 2. The number of hydrogen-bond donors (Lipinski definition) is 2. The van der Waals surface area contributed by atoms with Gasteiger partial charge in [-0.1, -0.05) is 6.07 Å². The Labute approximate surface area is 229 Å². The first kappa shape index (κ1) is 26.6. The molecule has 0 spiro atoms. The summed E-state index contributed by atoms with van der Waals surface area (Å²) in [6.07, 6.45) is 4.38. The van der Waals surface area contributed by atoms with Crippen LogP contribution < -0.4 is 5.32 Å². The lowest BCUT2D eigenvalue weighted by atomic mass is 10.1. The molecule has 6 rings (SSSR count). The van der Waals surface area contributed by atoms with Crippen molar-refractivity contribution in [2.24, 2.45) is 0 Å².